The molecule has 2 aromatic carbocycles. The lowest BCUT2D eigenvalue weighted by Crippen LogP contribution is -2.38. The average molecular weight is 604 g/mol. The smallest absolute Gasteiger partial charge is 0.247 e. The zero-order chi connectivity index (χ0) is 23.8. The predicted molar refractivity (Wildman–Crippen MR) is 134 cm³/mol. The first kappa shape index (κ1) is 24.8. The fraction of sp³-hybridized carbons (Fsp3) is 0.417. The molecule has 0 saturated carbocycles. The second-order valence-corrected chi connectivity index (χ2v) is 12.0. The molecule has 0 aliphatic carbocycles. The van der Waals surface area contributed by atoms with E-state index in [0.717, 1.165) is 25.5 Å². The van der Waals surface area contributed by atoms with Gasteiger partial charge in [0.1, 0.15) is 10.7 Å². The van der Waals surface area contributed by atoms with Crippen molar-refractivity contribution in [3.8, 4) is 0 Å². The van der Waals surface area contributed by atoms with Crippen molar-refractivity contribution in [3.05, 3.63) is 62.7 Å². The maximum absolute atomic E-state index is 14.7. The number of aromatic nitrogens is 1. The van der Waals surface area contributed by atoms with Gasteiger partial charge in [-0.25, -0.2) is 17.2 Å². The molecule has 178 valence electrons. The van der Waals surface area contributed by atoms with Gasteiger partial charge in [-0.05, 0) is 74.7 Å². The van der Waals surface area contributed by atoms with Crippen LogP contribution in [-0.2, 0) is 16.6 Å². The van der Waals surface area contributed by atoms with Gasteiger partial charge in [-0.2, -0.15) is 4.31 Å². The molecule has 33 heavy (non-hydrogen) atoms. The maximum Gasteiger partial charge on any atom is 0.247 e. The van der Waals surface area contributed by atoms with E-state index in [-0.39, 0.29) is 28.0 Å². The summed E-state index contributed by atoms with van der Waals surface area (Å²) in [5, 5.41) is 1.21. The molecular formula is C24H26Br2F2N2O2S. The van der Waals surface area contributed by atoms with Crippen molar-refractivity contribution in [1.29, 1.82) is 0 Å². The van der Waals surface area contributed by atoms with Crippen LogP contribution < -0.4 is 0 Å². The van der Waals surface area contributed by atoms with Crippen LogP contribution in [0, 0.1) is 11.6 Å². The SMILES string of the molecule is CCCCCn1cc(C2CCN(S(=O)(=O)c3c(F)c(Br)cc(F)c3Br)CC2)c2ccccc21. The number of rotatable bonds is 7. The minimum absolute atomic E-state index is 0.210. The lowest BCUT2D eigenvalue weighted by atomic mass is 9.90. The van der Waals surface area contributed by atoms with Crippen LogP contribution in [0.4, 0.5) is 8.78 Å². The van der Waals surface area contributed by atoms with E-state index in [1.54, 1.807) is 0 Å². The van der Waals surface area contributed by atoms with Crippen LogP contribution >= 0.6 is 31.9 Å². The largest absolute Gasteiger partial charge is 0.347 e. The Bertz CT molecular complexity index is 1240. The molecule has 0 spiro atoms. The number of halogens is 4. The molecule has 0 N–H and O–H groups in total. The third-order valence-corrected chi connectivity index (χ3v) is 9.94. The zero-order valence-electron chi connectivity index (χ0n) is 18.3. The van der Waals surface area contributed by atoms with Crippen LogP contribution in [0.1, 0.15) is 50.5 Å². The van der Waals surface area contributed by atoms with Gasteiger partial charge in [0.05, 0.1) is 8.95 Å². The number of aryl methyl sites for hydroxylation is 1. The Labute approximate surface area is 210 Å². The van der Waals surface area contributed by atoms with Gasteiger partial charge in [0.15, 0.2) is 5.82 Å². The third-order valence-electron chi connectivity index (χ3n) is 6.39. The van der Waals surface area contributed by atoms with Crippen molar-refractivity contribution < 1.29 is 17.2 Å². The van der Waals surface area contributed by atoms with Crippen LogP contribution in [0.25, 0.3) is 10.9 Å². The second kappa shape index (κ2) is 10.1. The molecule has 0 radical (unpaired) electrons. The normalized spacial score (nSPS) is 16.0. The third kappa shape index (κ3) is 4.79. The lowest BCUT2D eigenvalue weighted by molar-refractivity contribution is 0.318. The first-order valence-electron chi connectivity index (χ1n) is 11.2. The van der Waals surface area contributed by atoms with E-state index in [1.807, 2.05) is 12.1 Å². The number of fused-ring (bicyclic) bond motifs is 1. The number of nitrogens with zero attached hydrogens (tertiary/aromatic N) is 2. The minimum atomic E-state index is -4.19. The van der Waals surface area contributed by atoms with E-state index in [9.17, 15) is 17.2 Å². The summed E-state index contributed by atoms with van der Waals surface area (Å²) in [4.78, 5) is -0.652. The molecule has 4 nitrogen and oxygen atoms in total. The summed E-state index contributed by atoms with van der Waals surface area (Å²) in [5.74, 6) is -1.60. The van der Waals surface area contributed by atoms with Gasteiger partial charge in [-0.3, -0.25) is 0 Å². The fourth-order valence-corrected chi connectivity index (χ4v) is 7.67. The van der Waals surface area contributed by atoms with Crippen molar-refractivity contribution in [2.24, 2.45) is 0 Å². The molecule has 1 aliphatic rings. The Morgan fingerprint density at radius 3 is 2.48 bits per heavy atom. The molecule has 3 aromatic rings. The number of hydrogen-bond donors (Lipinski definition) is 0. The van der Waals surface area contributed by atoms with Gasteiger partial charge in [0, 0.05) is 36.7 Å². The van der Waals surface area contributed by atoms with Crippen LogP contribution in [0.2, 0.25) is 0 Å². The van der Waals surface area contributed by atoms with Crippen molar-refractivity contribution in [2.45, 2.75) is 56.4 Å². The molecule has 0 bridgehead atoms. The number of piperidine rings is 1. The maximum atomic E-state index is 14.7. The second-order valence-electron chi connectivity index (χ2n) is 8.48. The van der Waals surface area contributed by atoms with Gasteiger partial charge in [-0.1, -0.05) is 38.0 Å². The van der Waals surface area contributed by atoms with Crippen molar-refractivity contribution >= 4 is 52.8 Å². The van der Waals surface area contributed by atoms with E-state index in [4.69, 9.17) is 0 Å². The van der Waals surface area contributed by atoms with Crippen LogP contribution in [0.15, 0.2) is 50.4 Å². The Hall–Kier alpha value is -1.29. The van der Waals surface area contributed by atoms with Gasteiger partial charge in [0.2, 0.25) is 10.0 Å². The summed E-state index contributed by atoms with van der Waals surface area (Å²) in [6, 6.07) is 9.25. The number of sulfonamides is 1. The zero-order valence-corrected chi connectivity index (χ0v) is 22.3. The van der Waals surface area contributed by atoms with E-state index in [1.165, 1.54) is 27.2 Å². The van der Waals surface area contributed by atoms with Gasteiger partial charge in [-0.15, -0.1) is 0 Å². The van der Waals surface area contributed by atoms with Gasteiger partial charge >= 0.3 is 0 Å². The minimum Gasteiger partial charge on any atom is -0.347 e. The summed E-state index contributed by atoms with van der Waals surface area (Å²) in [6.45, 7) is 3.65. The van der Waals surface area contributed by atoms with Crippen LogP contribution in [0.5, 0.6) is 0 Å². The number of unbranched alkanes of at least 4 members (excludes halogenated alkanes) is 2. The summed E-state index contributed by atoms with van der Waals surface area (Å²) < 4.78 is 58.2. The summed E-state index contributed by atoms with van der Waals surface area (Å²) in [5.41, 5.74) is 2.44. The highest BCUT2D eigenvalue weighted by Crippen LogP contribution is 2.39. The highest BCUT2D eigenvalue weighted by Gasteiger charge is 2.35. The average Bonchev–Trinajstić information content (AvgIpc) is 3.17. The number of benzene rings is 2. The van der Waals surface area contributed by atoms with E-state index in [0.29, 0.717) is 12.8 Å². The van der Waals surface area contributed by atoms with E-state index >= 15 is 0 Å². The Kier molecular flexibility index (Phi) is 7.63. The molecule has 1 saturated heterocycles. The van der Waals surface area contributed by atoms with Gasteiger partial charge in [0.25, 0.3) is 0 Å². The summed E-state index contributed by atoms with van der Waals surface area (Å²) >= 11 is 5.84. The van der Waals surface area contributed by atoms with Crippen LogP contribution in [-0.4, -0.2) is 30.4 Å². The Morgan fingerprint density at radius 2 is 1.79 bits per heavy atom. The molecule has 0 unspecified atom stereocenters. The quantitative estimate of drug-likeness (QED) is 0.212. The standard InChI is InChI=1S/C24H26Br2F2N2O2S/c1-2-3-6-11-29-15-18(17-7-4-5-8-21(17)29)16-9-12-30(13-10-16)33(31,32)24-22(26)20(27)14-19(25)23(24)28/h4-5,7-8,14-16H,2-3,6,9-13H2,1H3. The first-order chi connectivity index (χ1) is 15.8. The van der Waals surface area contributed by atoms with E-state index in [2.05, 4.69) is 61.7 Å². The molecular weight excluding hydrogens is 578 g/mol. The van der Waals surface area contributed by atoms with E-state index < -0.39 is 26.6 Å². The molecule has 2 heterocycles. The molecule has 9 heteroatoms. The molecule has 0 atom stereocenters. The van der Waals surface area contributed by atoms with Crippen molar-refractivity contribution in [1.82, 2.24) is 8.87 Å². The Balaban J connectivity index is 1.57. The molecule has 4 rings (SSSR count). The van der Waals surface area contributed by atoms with Crippen molar-refractivity contribution in [2.75, 3.05) is 13.1 Å². The van der Waals surface area contributed by atoms with Crippen molar-refractivity contribution in [3.63, 3.8) is 0 Å². The molecule has 1 aliphatic heterocycles. The molecule has 1 fully saturated rings. The fourth-order valence-electron chi connectivity index (χ4n) is 4.63. The summed E-state index contributed by atoms with van der Waals surface area (Å²) in [6.07, 6.45) is 6.93. The van der Waals surface area contributed by atoms with Crippen LogP contribution in [0.3, 0.4) is 0 Å². The number of para-hydroxylation sites is 1. The highest BCUT2D eigenvalue weighted by atomic mass is 79.9. The Morgan fingerprint density at radius 1 is 1.09 bits per heavy atom. The predicted octanol–water partition coefficient (Wildman–Crippen LogP) is 7.20. The molecule has 1 aromatic heterocycles. The molecule has 0 amide bonds. The van der Waals surface area contributed by atoms with Gasteiger partial charge < -0.3 is 4.57 Å². The topological polar surface area (TPSA) is 42.3 Å². The lowest BCUT2D eigenvalue weighted by Gasteiger charge is -2.31. The first-order valence-corrected chi connectivity index (χ1v) is 14.2. The summed E-state index contributed by atoms with van der Waals surface area (Å²) in [7, 11) is -4.19. The highest BCUT2D eigenvalue weighted by molar-refractivity contribution is 9.11. The monoisotopic (exact) mass is 602 g/mol. The number of hydrogen-bond acceptors (Lipinski definition) is 2.